The Bertz CT molecular complexity index is 1730. The van der Waals surface area contributed by atoms with E-state index in [0.717, 1.165) is 49.7 Å². The van der Waals surface area contributed by atoms with E-state index >= 15 is 0 Å². The van der Waals surface area contributed by atoms with Crippen molar-refractivity contribution in [1.29, 1.82) is 0 Å². The van der Waals surface area contributed by atoms with E-state index in [9.17, 15) is 32.4 Å². The summed E-state index contributed by atoms with van der Waals surface area (Å²) in [7, 11) is -4.17. The maximum Gasteiger partial charge on any atom is 0.410 e. The third-order valence-corrected chi connectivity index (χ3v) is 12.4. The van der Waals surface area contributed by atoms with E-state index in [2.05, 4.69) is 20.1 Å². The van der Waals surface area contributed by atoms with Gasteiger partial charge in [0.25, 0.3) is 5.91 Å². The van der Waals surface area contributed by atoms with E-state index in [1.807, 2.05) is 36.4 Å². The first-order chi connectivity index (χ1) is 25.5. The van der Waals surface area contributed by atoms with Gasteiger partial charge in [-0.05, 0) is 81.8 Å². The van der Waals surface area contributed by atoms with Crippen molar-refractivity contribution in [2.45, 2.75) is 132 Å². The maximum absolute atomic E-state index is 14.4. The van der Waals surface area contributed by atoms with Crippen molar-refractivity contribution >= 4 is 40.1 Å². The van der Waals surface area contributed by atoms with E-state index in [1.54, 1.807) is 4.90 Å². The average Bonchev–Trinajstić information content (AvgIpc) is 3.95. The predicted octanol–water partition coefficient (Wildman–Crippen LogP) is 2.70. The van der Waals surface area contributed by atoms with E-state index in [-0.39, 0.29) is 31.5 Å². The molecule has 16 heteroatoms. The summed E-state index contributed by atoms with van der Waals surface area (Å²) in [5.41, 5.74) is 0.631. The highest BCUT2D eigenvalue weighted by Gasteiger charge is 2.62. The van der Waals surface area contributed by atoms with Gasteiger partial charge in [-0.1, -0.05) is 49.3 Å². The molecule has 53 heavy (non-hydrogen) atoms. The second-order valence-corrected chi connectivity index (χ2v) is 16.8. The number of ether oxygens (including phenoxy) is 2. The van der Waals surface area contributed by atoms with Gasteiger partial charge in [-0.3, -0.25) is 14.4 Å². The molecule has 0 radical (unpaired) electrons. The molecule has 6 aliphatic rings. The molecule has 5 atom stereocenters. The molecule has 0 unspecified atom stereocenters. The first-order valence-corrected chi connectivity index (χ1v) is 20.6. The van der Waals surface area contributed by atoms with Gasteiger partial charge in [0, 0.05) is 31.5 Å². The van der Waals surface area contributed by atoms with Gasteiger partial charge in [0.2, 0.25) is 11.8 Å². The zero-order valence-electron chi connectivity index (χ0n) is 29.9. The van der Waals surface area contributed by atoms with Crippen LogP contribution in [0.5, 0.6) is 0 Å². The molecule has 1 aromatic rings. The quantitative estimate of drug-likeness (QED) is 0.303. The Morgan fingerprint density at radius 1 is 0.906 bits per heavy atom. The first kappa shape index (κ1) is 37.1. The monoisotopic (exact) mass is 754 g/mol. The first-order valence-electron chi connectivity index (χ1n) is 19.1. The van der Waals surface area contributed by atoms with Gasteiger partial charge < -0.3 is 29.9 Å². The molecule has 3 heterocycles. The molecule has 0 aromatic heterocycles. The fraction of sp³-hybridized carbons (Fsp3) is 0.649. The van der Waals surface area contributed by atoms with Gasteiger partial charge in [0.1, 0.15) is 29.8 Å². The van der Waals surface area contributed by atoms with Crippen molar-refractivity contribution in [3.8, 4) is 0 Å². The molecule has 15 nitrogen and oxygen atoms in total. The number of fused-ring (bicyclic) bond motifs is 3. The number of nitrogens with one attached hydrogen (secondary N) is 4. The summed E-state index contributed by atoms with van der Waals surface area (Å²) in [5.74, 6) is -2.52. The molecule has 5 amide bonds. The summed E-state index contributed by atoms with van der Waals surface area (Å²) in [6, 6.07) is 5.48. The van der Waals surface area contributed by atoms with Crippen LogP contribution in [-0.4, -0.2) is 97.1 Å². The summed E-state index contributed by atoms with van der Waals surface area (Å²) in [5, 5.41) is 5.59. The molecular weight excluding hydrogens is 705 g/mol. The molecule has 7 rings (SSSR count). The molecule has 0 spiro atoms. The minimum atomic E-state index is -4.17. The lowest BCUT2D eigenvalue weighted by atomic mass is 10.0. The zero-order chi connectivity index (χ0) is 37.2. The molecule has 3 aliphatic carbocycles. The van der Waals surface area contributed by atoms with Gasteiger partial charge in [-0.15, -0.1) is 0 Å². The lowest BCUT2D eigenvalue weighted by molar-refractivity contribution is -0.141. The Kier molecular flexibility index (Phi) is 11.0. The van der Waals surface area contributed by atoms with Crippen LogP contribution >= 0.6 is 0 Å². The van der Waals surface area contributed by atoms with Gasteiger partial charge in [-0.25, -0.2) is 14.3 Å². The van der Waals surface area contributed by atoms with Crippen LogP contribution in [-0.2, 0) is 47.0 Å². The fourth-order valence-corrected chi connectivity index (χ4v) is 9.19. The van der Waals surface area contributed by atoms with Crippen molar-refractivity contribution in [3.05, 3.63) is 47.5 Å². The summed E-state index contributed by atoms with van der Waals surface area (Å²) in [6.45, 7) is 0.717. The fourth-order valence-electron chi connectivity index (χ4n) is 8.03. The van der Waals surface area contributed by atoms with Crippen molar-refractivity contribution in [2.24, 2.45) is 5.92 Å². The second-order valence-electron chi connectivity index (χ2n) is 15.4. The molecule has 288 valence electrons. The smallest absolute Gasteiger partial charge is 0.410 e. The second kappa shape index (κ2) is 15.7. The Labute approximate surface area is 310 Å². The van der Waals surface area contributed by atoms with Crippen molar-refractivity contribution < 1.29 is 41.9 Å². The van der Waals surface area contributed by atoms with Gasteiger partial charge in [0.15, 0.2) is 0 Å². The Hall–Kier alpha value is -4.18. The molecule has 3 aliphatic heterocycles. The van der Waals surface area contributed by atoms with Crippen molar-refractivity contribution in [1.82, 2.24) is 29.9 Å². The van der Waals surface area contributed by atoms with Gasteiger partial charge >= 0.3 is 22.4 Å². The van der Waals surface area contributed by atoms with Crippen LogP contribution in [0.4, 0.5) is 9.59 Å². The van der Waals surface area contributed by atoms with Gasteiger partial charge in [-0.2, -0.15) is 13.1 Å². The SMILES string of the molecule is O=C(N[C@H]1CCCCC/C=C\[C@@H]2C[C@@]2(C(=O)NS(=O)(=O)NC2CC2)NC(=O)[C@@H]2C[C@@H](OC(=O)N3CCc4ccccc4C3)CN2C1=O)OC1CCCC1. The zero-order valence-corrected chi connectivity index (χ0v) is 30.7. The number of rotatable bonds is 7. The van der Waals surface area contributed by atoms with Crippen LogP contribution in [0.3, 0.4) is 0 Å². The minimum Gasteiger partial charge on any atom is -0.446 e. The average molecular weight is 755 g/mol. The van der Waals surface area contributed by atoms with Crippen LogP contribution in [0.2, 0.25) is 0 Å². The number of allylic oxidation sites excluding steroid dienone is 1. The molecule has 4 fully saturated rings. The van der Waals surface area contributed by atoms with Crippen molar-refractivity contribution in [3.63, 3.8) is 0 Å². The van der Waals surface area contributed by atoms with E-state index in [4.69, 9.17) is 9.47 Å². The number of alkyl carbamates (subject to hydrolysis) is 1. The Balaban J connectivity index is 1.11. The highest BCUT2D eigenvalue weighted by molar-refractivity contribution is 7.88. The summed E-state index contributed by atoms with van der Waals surface area (Å²) < 4.78 is 41.6. The van der Waals surface area contributed by atoms with Crippen molar-refractivity contribution in [2.75, 3.05) is 13.1 Å². The molecule has 0 bridgehead atoms. The summed E-state index contributed by atoms with van der Waals surface area (Å²) in [6.07, 6.45) is 10.2. The van der Waals surface area contributed by atoms with Crippen LogP contribution in [0.15, 0.2) is 36.4 Å². The number of carbonyl (C=O) groups is 5. The van der Waals surface area contributed by atoms with Crippen LogP contribution < -0.4 is 20.1 Å². The number of hydrogen-bond donors (Lipinski definition) is 4. The topological polar surface area (TPSA) is 193 Å². The number of hydrogen-bond acceptors (Lipinski definition) is 9. The third kappa shape index (κ3) is 8.97. The van der Waals surface area contributed by atoms with Crippen LogP contribution in [0, 0.1) is 5.92 Å². The number of nitrogens with zero attached hydrogens (tertiary/aromatic N) is 2. The highest BCUT2D eigenvalue weighted by atomic mass is 32.2. The molecule has 4 N–H and O–H groups in total. The Morgan fingerprint density at radius 2 is 1.66 bits per heavy atom. The molecule has 1 saturated heterocycles. The minimum absolute atomic E-state index is 0.0489. The maximum atomic E-state index is 14.4. The van der Waals surface area contributed by atoms with Gasteiger partial charge in [0.05, 0.1) is 6.54 Å². The summed E-state index contributed by atoms with van der Waals surface area (Å²) >= 11 is 0. The van der Waals surface area contributed by atoms with E-state index in [0.29, 0.717) is 51.6 Å². The number of amides is 5. The normalized spacial score (nSPS) is 30.0. The predicted molar refractivity (Wildman–Crippen MR) is 191 cm³/mol. The lowest BCUT2D eigenvalue weighted by Crippen LogP contribution is -2.59. The van der Waals surface area contributed by atoms with Crippen LogP contribution in [0.25, 0.3) is 0 Å². The standard InChI is InChI=1S/C37H50N6O9S/c44-32-31-20-29(52-36(48)42-19-18-24-10-6-7-11-25(24)22-42)23-43(31)33(45)30(38-35(47)51-28-13-8-9-14-28)15-5-3-1-2-4-12-26-21-37(26,39-32)34(46)41-53(49,50)40-27-16-17-27/h4,6-7,10-12,26-31,40H,1-3,5,8-9,13-23H2,(H,38,47)(H,39,44)(H,41,46)/b12-4-/t26-,29-,30+,31+,37-/m1/s1. The van der Waals surface area contributed by atoms with Crippen LogP contribution in [0.1, 0.15) is 94.6 Å². The molecule has 1 aromatic carbocycles. The summed E-state index contributed by atoms with van der Waals surface area (Å²) in [4.78, 5) is 71.8. The largest absolute Gasteiger partial charge is 0.446 e. The third-order valence-electron chi connectivity index (χ3n) is 11.3. The Morgan fingerprint density at radius 3 is 2.43 bits per heavy atom. The number of carbonyl (C=O) groups excluding carboxylic acids is 5. The highest BCUT2D eigenvalue weighted by Crippen LogP contribution is 2.46. The van der Waals surface area contributed by atoms with E-state index in [1.165, 1.54) is 4.90 Å². The molecular formula is C37H50N6O9S. The van der Waals surface area contributed by atoms with E-state index < -0.39 is 69.8 Å². The number of benzene rings is 1. The molecule has 3 saturated carbocycles. The lowest BCUT2D eigenvalue weighted by Gasteiger charge is -2.30.